The van der Waals surface area contributed by atoms with Gasteiger partial charge in [-0.1, -0.05) is 23.8 Å². The van der Waals surface area contributed by atoms with Crippen molar-refractivity contribution in [1.82, 2.24) is 24.8 Å². The quantitative estimate of drug-likeness (QED) is 0.333. The minimum Gasteiger partial charge on any atom is -0.352 e. The number of anilines is 1. The Labute approximate surface area is 222 Å². The molecule has 8 heteroatoms. The highest BCUT2D eigenvalue weighted by Crippen LogP contribution is 2.41. The molecule has 4 heterocycles. The van der Waals surface area contributed by atoms with Crippen LogP contribution < -0.4 is 10.6 Å². The van der Waals surface area contributed by atoms with Gasteiger partial charge in [0.2, 0.25) is 5.91 Å². The Bertz CT molecular complexity index is 1400. The van der Waals surface area contributed by atoms with Crippen molar-refractivity contribution in [3.8, 4) is 5.69 Å². The molecule has 3 aromatic heterocycles. The minimum atomic E-state index is -0.142. The zero-order valence-corrected chi connectivity index (χ0v) is 22.0. The van der Waals surface area contributed by atoms with E-state index in [1.54, 1.807) is 12.4 Å². The van der Waals surface area contributed by atoms with E-state index in [0.717, 1.165) is 39.6 Å². The number of amides is 1. The van der Waals surface area contributed by atoms with Crippen LogP contribution in [0.15, 0.2) is 79.3 Å². The molecule has 0 spiro atoms. The van der Waals surface area contributed by atoms with E-state index in [2.05, 4.69) is 56.0 Å². The topological polar surface area (TPSA) is 75.1 Å². The number of pyridine rings is 2. The lowest BCUT2D eigenvalue weighted by molar-refractivity contribution is -0.116. The molecule has 5 rings (SSSR count). The fraction of sp³-hybridized carbons (Fsp3) is 0.241. The number of aryl methyl sites for hydroxylation is 2. The molecule has 2 unspecified atom stereocenters. The van der Waals surface area contributed by atoms with Gasteiger partial charge in [0.25, 0.3) is 0 Å². The van der Waals surface area contributed by atoms with Crippen molar-refractivity contribution in [1.29, 1.82) is 0 Å². The van der Waals surface area contributed by atoms with Crippen LogP contribution >= 0.6 is 12.2 Å². The largest absolute Gasteiger partial charge is 0.352 e. The van der Waals surface area contributed by atoms with Crippen molar-refractivity contribution in [2.75, 3.05) is 11.9 Å². The van der Waals surface area contributed by atoms with Crippen LogP contribution in [-0.2, 0) is 4.79 Å². The number of carbonyl (C=O) groups is 1. The molecule has 1 aliphatic rings. The van der Waals surface area contributed by atoms with Crippen LogP contribution in [0.5, 0.6) is 0 Å². The van der Waals surface area contributed by atoms with E-state index in [1.807, 2.05) is 61.7 Å². The van der Waals surface area contributed by atoms with Gasteiger partial charge >= 0.3 is 0 Å². The molecule has 7 nitrogen and oxygen atoms in total. The fourth-order valence-corrected chi connectivity index (χ4v) is 5.37. The van der Waals surface area contributed by atoms with Gasteiger partial charge in [0.15, 0.2) is 5.11 Å². The summed E-state index contributed by atoms with van der Waals surface area (Å²) in [5.74, 6) is -0.0486. The highest BCUT2D eigenvalue weighted by molar-refractivity contribution is 7.80. The van der Waals surface area contributed by atoms with Crippen LogP contribution in [0, 0.1) is 20.8 Å². The monoisotopic (exact) mass is 510 g/mol. The second-order valence-electron chi connectivity index (χ2n) is 9.36. The number of hydrogen-bond acceptors (Lipinski definition) is 4. The summed E-state index contributed by atoms with van der Waals surface area (Å²) in [6, 6.07) is 19.7. The van der Waals surface area contributed by atoms with Gasteiger partial charge < -0.3 is 20.1 Å². The van der Waals surface area contributed by atoms with Crippen LogP contribution in [0.2, 0.25) is 0 Å². The number of aromatic nitrogens is 3. The minimum absolute atomic E-state index is 0.0486. The molecule has 1 amide bonds. The Morgan fingerprint density at radius 1 is 1.05 bits per heavy atom. The first-order valence-corrected chi connectivity index (χ1v) is 12.8. The maximum absolute atomic E-state index is 12.8. The van der Waals surface area contributed by atoms with Crippen LogP contribution in [0.3, 0.4) is 0 Å². The molecule has 1 fully saturated rings. The second-order valence-corrected chi connectivity index (χ2v) is 9.74. The van der Waals surface area contributed by atoms with Gasteiger partial charge in [-0.05, 0) is 81.0 Å². The molecule has 37 heavy (non-hydrogen) atoms. The van der Waals surface area contributed by atoms with Crippen LogP contribution in [0.25, 0.3) is 5.69 Å². The molecule has 0 bridgehead atoms. The third kappa shape index (κ3) is 5.11. The molecular formula is C29H30N6OS. The van der Waals surface area contributed by atoms with Crippen molar-refractivity contribution in [3.05, 3.63) is 107 Å². The standard InChI is InChI=1S/C29H30N6OS/c1-19-9-11-22(12-10-19)32-26(36)13-16-34-28(27(33-29(34)37)25-8-4-5-15-31-25)24-17-20(2)35(21(24)3)23-7-6-14-30-18-23/h4-12,14-15,17-18,27-28H,13,16H2,1-3H3,(H,32,36)(H,33,37). The number of hydrogen-bond donors (Lipinski definition) is 2. The third-order valence-corrected chi connectivity index (χ3v) is 7.16. The van der Waals surface area contributed by atoms with E-state index in [4.69, 9.17) is 12.2 Å². The summed E-state index contributed by atoms with van der Waals surface area (Å²) in [7, 11) is 0. The average Bonchev–Trinajstić information content (AvgIpc) is 3.39. The predicted molar refractivity (Wildman–Crippen MR) is 150 cm³/mol. The first kappa shape index (κ1) is 24.6. The summed E-state index contributed by atoms with van der Waals surface area (Å²) in [6.45, 7) is 6.72. The van der Waals surface area contributed by atoms with Gasteiger partial charge in [0.05, 0.1) is 29.7 Å². The number of nitrogens with one attached hydrogen (secondary N) is 2. The molecule has 0 saturated carbocycles. The average molecular weight is 511 g/mol. The van der Waals surface area contributed by atoms with Crippen LogP contribution in [-0.4, -0.2) is 37.0 Å². The number of carbonyl (C=O) groups excluding carboxylic acids is 1. The first-order valence-electron chi connectivity index (χ1n) is 12.4. The van der Waals surface area contributed by atoms with Crippen molar-refractivity contribution >= 4 is 28.9 Å². The normalized spacial score (nSPS) is 17.1. The van der Waals surface area contributed by atoms with Gasteiger partial charge in [-0.15, -0.1) is 0 Å². The van der Waals surface area contributed by atoms with E-state index in [0.29, 0.717) is 18.1 Å². The highest BCUT2D eigenvalue weighted by Gasteiger charge is 2.41. The van der Waals surface area contributed by atoms with Crippen molar-refractivity contribution in [2.45, 2.75) is 39.3 Å². The third-order valence-electron chi connectivity index (χ3n) is 6.81. The molecule has 1 saturated heterocycles. The van der Waals surface area contributed by atoms with E-state index in [1.165, 1.54) is 0 Å². The molecule has 0 aliphatic carbocycles. The zero-order valence-electron chi connectivity index (χ0n) is 21.2. The van der Waals surface area contributed by atoms with Crippen LogP contribution in [0.1, 0.15) is 46.7 Å². The predicted octanol–water partition coefficient (Wildman–Crippen LogP) is 5.19. The highest BCUT2D eigenvalue weighted by atomic mass is 32.1. The number of rotatable bonds is 7. The molecule has 188 valence electrons. The van der Waals surface area contributed by atoms with Gasteiger partial charge in [0, 0.05) is 42.4 Å². The summed E-state index contributed by atoms with van der Waals surface area (Å²) < 4.78 is 2.21. The van der Waals surface area contributed by atoms with E-state index >= 15 is 0 Å². The Hall–Kier alpha value is -4.04. The lowest BCUT2D eigenvalue weighted by Gasteiger charge is -2.28. The summed E-state index contributed by atoms with van der Waals surface area (Å²) in [6.07, 6.45) is 5.75. The summed E-state index contributed by atoms with van der Waals surface area (Å²) >= 11 is 5.81. The molecule has 1 aromatic carbocycles. The molecule has 4 aromatic rings. The molecule has 2 atom stereocenters. The van der Waals surface area contributed by atoms with Gasteiger partial charge in [-0.2, -0.15) is 0 Å². The Morgan fingerprint density at radius 3 is 2.57 bits per heavy atom. The Kier molecular flexibility index (Phi) is 7.01. The lowest BCUT2D eigenvalue weighted by Crippen LogP contribution is -2.32. The van der Waals surface area contributed by atoms with Gasteiger partial charge in [-0.25, -0.2) is 0 Å². The molecular weight excluding hydrogens is 480 g/mol. The number of nitrogens with zero attached hydrogens (tertiary/aromatic N) is 4. The first-order chi connectivity index (χ1) is 17.9. The summed E-state index contributed by atoms with van der Waals surface area (Å²) in [5, 5.41) is 7.10. The smallest absolute Gasteiger partial charge is 0.226 e. The van der Waals surface area contributed by atoms with Crippen molar-refractivity contribution in [2.24, 2.45) is 0 Å². The lowest BCUT2D eigenvalue weighted by atomic mass is 9.96. The van der Waals surface area contributed by atoms with Crippen molar-refractivity contribution in [3.63, 3.8) is 0 Å². The number of thiocarbonyl (C=S) groups is 1. The SMILES string of the molecule is Cc1ccc(NC(=O)CCN2C(=S)NC(c3ccccn3)C2c2cc(C)n(-c3cccnc3)c2C)cc1. The van der Waals surface area contributed by atoms with Gasteiger partial charge in [-0.3, -0.25) is 14.8 Å². The van der Waals surface area contributed by atoms with Crippen LogP contribution in [0.4, 0.5) is 5.69 Å². The Balaban J connectivity index is 1.45. The van der Waals surface area contributed by atoms with E-state index in [9.17, 15) is 4.79 Å². The van der Waals surface area contributed by atoms with Gasteiger partial charge in [0.1, 0.15) is 0 Å². The molecule has 1 aliphatic heterocycles. The fourth-order valence-electron chi connectivity index (χ4n) is 5.04. The summed E-state index contributed by atoms with van der Waals surface area (Å²) in [5.41, 5.74) is 7.22. The zero-order chi connectivity index (χ0) is 25.9. The maximum Gasteiger partial charge on any atom is 0.226 e. The number of benzene rings is 1. The Morgan fingerprint density at radius 2 is 1.86 bits per heavy atom. The van der Waals surface area contributed by atoms with Crippen molar-refractivity contribution < 1.29 is 4.79 Å². The maximum atomic E-state index is 12.8. The van der Waals surface area contributed by atoms with E-state index < -0.39 is 0 Å². The summed E-state index contributed by atoms with van der Waals surface area (Å²) in [4.78, 5) is 23.9. The van der Waals surface area contributed by atoms with E-state index in [-0.39, 0.29) is 18.0 Å². The second kappa shape index (κ2) is 10.5. The molecule has 2 N–H and O–H groups in total. The molecule has 0 radical (unpaired) electrons.